The molecule has 0 saturated heterocycles. The standard InChI is InChI=1S/2C3H6O3.3Na.2H2O4S/c2*1-6-2-3(4)5;;;;2*1-5(2,3)4/h2*2H2,1H3,(H,4,5);;;;2*(H2,1,2,3,4)/q;;3*+1;;/p-3. The van der Waals surface area contributed by atoms with Crippen LogP contribution in [-0.4, -0.2) is 79.5 Å². The molecule has 136 valence electrons. The number of carboxylic acids is 2. The van der Waals surface area contributed by atoms with Gasteiger partial charge in [-0.3, -0.25) is 17.5 Å². The summed E-state index contributed by atoms with van der Waals surface area (Å²) < 4.78 is 74.0. The number of ether oxygens (including phenoxy) is 2. The van der Waals surface area contributed by atoms with Crippen molar-refractivity contribution in [2.45, 2.75) is 0 Å². The fourth-order valence-electron chi connectivity index (χ4n) is 0.241. The van der Waals surface area contributed by atoms with Crippen molar-refractivity contribution in [1.29, 1.82) is 0 Å². The molecule has 0 aromatic carbocycles. The van der Waals surface area contributed by atoms with Crippen LogP contribution in [0.2, 0.25) is 0 Å². The molecule has 0 atom stereocenters. The van der Waals surface area contributed by atoms with E-state index >= 15 is 0 Å². The number of methoxy groups -OCH3 is 2. The van der Waals surface area contributed by atoms with Crippen LogP contribution < -0.4 is 93.8 Å². The van der Waals surface area contributed by atoms with Gasteiger partial charge in [-0.25, -0.2) is 4.79 Å². The van der Waals surface area contributed by atoms with Crippen LogP contribution in [0.3, 0.4) is 0 Å². The van der Waals surface area contributed by atoms with Gasteiger partial charge >= 0.3 is 105 Å². The molecule has 0 aromatic rings. The summed E-state index contributed by atoms with van der Waals surface area (Å²) >= 11 is 0. The minimum Gasteiger partial charge on any atom is -0.759 e. The minimum absolute atomic E-state index is 0. The van der Waals surface area contributed by atoms with Crippen molar-refractivity contribution in [3.05, 3.63) is 0 Å². The first-order valence-electron chi connectivity index (χ1n) is 4.30. The third kappa shape index (κ3) is 247. The smallest absolute Gasteiger partial charge is 0.759 e. The van der Waals surface area contributed by atoms with Crippen LogP contribution >= 0.6 is 0 Å². The summed E-state index contributed by atoms with van der Waals surface area (Å²) in [6.07, 6.45) is 0. The Labute approximate surface area is 210 Å². The molecule has 19 heteroatoms. The van der Waals surface area contributed by atoms with E-state index in [1.807, 2.05) is 0 Å². The van der Waals surface area contributed by atoms with Gasteiger partial charge in [-0.05, 0) is 0 Å². The fourth-order valence-corrected chi connectivity index (χ4v) is 0.241. The molecule has 0 bridgehead atoms. The van der Waals surface area contributed by atoms with E-state index in [0.29, 0.717) is 0 Å². The van der Waals surface area contributed by atoms with Crippen LogP contribution in [0.5, 0.6) is 0 Å². The van der Waals surface area contributed by atoms with Crippen molar-refractivity contribution in [3.8, 4) is 0 Å². The van der Waals surface area contributed by atoms with Crippen molar-refractivity contribution in [1.82, 2.24) is 0 Å². The molecule has 0 aromatic heterocycles. The summed E-state index contributed by atoms with van der Waals surface area (Å²) in [4.78, 5) is 18.8. The molecule has 0 rings (SSSR count). The van der Waals surface area contributed by atoms with Gasteiger partial charge in [0.25, 0.3) is 0 Å². The zero-order valence-corrected chi connectivity index (χ0v) is 21.7. The SMILES string of the molecule is COCC(=O)O.COCC(=O)[O-].O=S(=O)(O)O.O=S(=O)([O-])[O-].[Na+].[Na+].[Na+]. The van der Waals surface area contributed by atoms with E-state index in [4.69, 9.17) is 40.2 Å². The van der Waals surface area contributed by atoms with Gasteiger partial charge < -0.3 is 33.6 Å². The third-order valence-corrected chi connectivity index (χ3v) is 0.530. The minimum atomic E-state index is -5.17. The summed E-state index contributed by atoms with van der Waals surface area (Å²) in [5.74, 6) is -2.12. The molecule has 0 aliphatic carbocycles. The molecule has 0 saturated carbocycles. The largest absolute Gasteiger partial charge is 1.00 e. The van der Waals surface area contributed by atoms with E-state index in [1.165, 1.54) is 14.2 Å². The van der Waals surface area contributed by atoms with Crippen molar-refractivity contribution in [2.75, 3.05) is 27.4 Å². The van der Waals surface area contributed by atoms with Crippen molar-refractivity contribution >= 4 is 32.7 Å². The summed E-state index contributed by atoms with van der Waals surface area (Å²) in [6, 6.07) is 0. The molecule has 0 unspecified atom stereocenters. The van der Waals surface area contributed by atoms with Crippen LogP contribution in [0.4, 0.5) is 0 Å². The van der Waals surface area contributed by atoms with Gasteiger partial charge in [0.15, 0.2) is 0 Å². The quantitative estimate of drug-likeness (QED) is 0.208. The summed E-state index contributed by atoms with van der Waals surface area (Å²) in [6.45, 7) is -0.528. The van der Waals surface area contributed by atoms with Crippen molar-refractivity contribution in [3.63, 3.8) is 0 Å². The maximum atomic E-state index is 9.47. The van der Waals surface area contributed by atoms with Crippen LogP contribution in [0.1, 0.15) is 0 Å². The molecular weight excluding hydrogens is 429 g/mol. The van der Waals surface area contributed by atoms with Gasteiger partial charge in [0.1, 0.15) is 6.61 Å². The van der Waals surface area contributed by atoms with E-state index < -0.39 is 32.7 Å². The zero-order chi connectivity index (χ0) is 19.0. The Morgan fingerprint density at radius 3 is 1.08 bits per heavy atom. The first-order chi connectivity index (χ1) is 9.54. The van der Waals surface area contributed by atoms with Crippen molar-refractivity contribution < 1.29 is 153 Å². The Kier molecular flexibility index (Phi) is 50.5. The Balaban J connectivity index is -0.0000000333. The van der Waals surface area contributed by atoms with Gasteiger partial charge in [-0.1, -0.05) is 0 Å². The Morgan fingerprint density at radius 1 is 0.880 bits per heavy atom. The van der Waals surface area contributed by atoms with E-state index in [2.05, 4.69) is 9.47 Å². The molecule has 0 fully saturated rings. The Hall–Kier alpha value is 1.60. The molecule has 14 nitrogen and oxygen atoms in total. The first-order valence-corrected chi connectivity index (χ1v) is 7.03. The average Bonchev–Trinajstić information content (AvgIpc) is 2.11. The predicted molar refractivity (Wildman–Crippen MR) is 61.0 cm³/mol. The molecule has 0 amide bonds. The predicted octanol–water partition coefficient (Wildman–Crippen LogP) is -12.9. The average molecular weight is 442 g/mol. The maximum absolute atomic E-state index is 9.47. The van der Waals surface area contributed by atoms with E-state index in [1.54, 1.807) is 0 Å². The molecule has 0 spiro atoms. The van der Waals surface area contributed by atoms with Gasteiger partial charge in [0.05, 0.1) is 12.6 Å². The van der Waals surface area contributed by atoms with Gasteiger partial charge in [0, 0.05) is 24.6 Å². The first kappa shape index (κ1) is 45.4. The number of carbonyl (C=O) groups excluding carboxylic acids is 1. The Morgan fingerprint density at radius 2 is 1.08 bits per heavy atom. The van der Waals surface area contributed by atoms with Gasteiger partial charge in [-0.2, -0.15) is 8.42 Å². The molecule has 0 aliphatic rings. The number of hydrogen-bond donors (Lipinski definition) is 3. The van der Waals surface area contributed by atoms with E-state index in [0.717, 1.165) is 0 Å². The maximum Gasteiger partial charge on any atom is 1.00 e. The zero-order valence-electron chi connectivity index (χ0n) is 14.1. The molecule has 0 radical (unpaired) electrons. The van der Waals surface area contributed by atoms with Crippen molar-refractivity contribution in [2.24, 2.45) is 0 Å². The number of carboxylic acid groups (broad SMARTS) is 2. The number of hydrogen-bond acceptors (Lipinski definition) is 11. The Bertz CT molecular complexity index is 427. The summed E-state index contributed by atoms with van der Waals surface area (Å²) in [5.41, 5.74) is 0. The third-order valence-electron chi connectivity index (χ3n) is 0.530. The second kappa shape index (κ2) is 27.8. The molecular formula is C6H13Na3O14S2. The van der Waals surface area contributed by atoms with Crippen LogP contribution in [0.15, 0.2) is 0 Å². The topological polar surface area (TPSA) is 251 Å². The molecule has 0 heterocycles. The number of aliphatic carboxylic acids is 2. The van der Waals surface area contributed by atoms with Gasteiger partial charge in [0.2, 0.25) is 0 Å². The molecule has 0 aliphatic heterocycles. The van der Waals surface area contributed by atoms with E-state index in [-0.39, 0.29) is 102 Å². The second-order valence-corrected chi connectivity index (χ2v) is 4.20. The monoisotopic (exact) mass is 442 g/mol. The van der Waals surface area contributed by atoms with Gasteiger partial charge in [-0.15, -0.1) is 0 Å². The van der Waals surface area contributed by atoms with Crippen LogP contribution in [0, 0.1) is 0 Å². The number of rotatable bonds is 4. The fraction of sp³-hybridized carbons (Fsp3) is 0.667. The van der Waals surface area contributed by atoms with E-state index in [9.17, 15) is 14.7 Å². The van der Waals surface area contributed by atoms with Crippen LogP contribution in [0.25, 0.3) is 0 Å². The summed E-state index contributed by atoms with van der Waals surface area (Å²) in [5, 5.41) is 17.2. The normalized spacial score (nSPS) is 8.56. The summed E-state index contributed by atoms with van der Waals surface area (Å²) in [7, 11) is -7.19. The molecule has 25 heavy (non-hydrogen) atoms. The number of carbonyl (C=O) groups is 2. The second-order valence-electron chi connectivity index (χ2n) is 2.49. The van der Waals surface area contributed by atoms with Crippen LogP contribution in [-0.2, 0) is 39.9 Å². The molecule has 3 N–H and O–H groups in total.